The number of fused-ring (bicyclic) bond motifs is 2. The second-order valence-corrected chi connectivity index (χ2v) is 5.90. The third-order valence-corrected chi connectivity index (χ3v) is 4.32. The minimum Gasteiger partial charge on any atom is -0.481 e. The predicted molar refractivity (Wildman–Crippen MR) is 78.8 cm³/mol. The van der Waals surface area contributed by atoms with Gasteiger partial charge in [-0.05, 0) is 6.42 Å². The van der Waals surface area contributed by atoms with Gasteiger partial charge in [0.1, 0.15) is 5.92 Å². The molecule has 2 heterocycles. The van der Waals surface area contributed by atoms with Crippen molar-refractivity contribution in [1.82, 2.24) is 5.32 Å². The SMILES string of the molecule is CCCCCCCCNC(=O)[C@@H]1[C@H](C(=O)O)[C@H]2C=C[C@H]1O2. The topological polar surface area (TPSA) is 75.6 Å². The third-order valence-electron chi connectivity index (χ3n) is 4.32. The number of hydrogen-bond acceptors (Lipinski definition) is 3. The van der Waals surface area contributed by atoms with Gasteiger partial charge in [0.15, 0.2) is 0 Å². The van der Waals surface area contributed by atoms with E-state index in [-0.39, 0.29) is 12.0 Å². The van der Waals surface area contributed by atoms with Crippen LogP contribution in [0.5, 0.6) is 0 Å². The van der Waals surface area contributed by atoms with Crippen LogP contribution in [0, 0.1) is 11.8 Å². The number of carboxylic acid groups (broad SMARTS) is 1. The van der Waals surface area contributed by atoms with E-state index in [1.165, 1.54) is 25.7 Å². The fraction of sp³-hybridized carbons (Fsp3) is 0.750. The van der Waals surface area contributed by atoms with Gasteiger partial charge in [-0.25, -0.2) is 0 Å². The standard InChI is InChI=1S/C16H25NO4/c1-2-3-4-5-6-7-10-17-15(18)13-11-8-9-12(21-11)14(13)16(19)20/h8-9,11-14H,2-7,10H2,1H3,(H,17,18)(H,19,20)/t11-,12-,13+,14-/m1/s1. The molecule has 118 valence electrons. The minimum absolute atomic E-state index is 0.187. The number of aliphatic carboxylic acids is 1. The maximum absolute atomic E-state index is 12.2. The molecule has 0 aromatic heterocycles. The lowest BCUT2D eigenvalue weighted by Gasteiger charge is -2.20. The van der Waals surface area contributed by atoms with E-state index in [2.05, 4.69) is 12.2 Å². The van der Waals surface area contributed by atoms with Crippen molar-refractivity contribution in [2.45, 2.75) is 57.7 Å². The highest BCUT2D eigenvalue weighted by atomic mass is 16.5. The van der Waals surface area contributed by atoms with Crippen LogP contribution in [0.3, 0.4) is 0 Å². The van der Waals surface area contributed by atoms with E-state index in [0.29, 0.717) is 6.54 Å². The van der Waals surface area contributed by atoms with Gasteiger partial charge in [-0.1, -0.05) is 51.2 Å². The van der Waals surface area contributed by atoms with Crippen LogP contribution < -0.4 is 5.32 Å². The molecule has 0 spiro atoms. The Bertz CT molecular complexity index is 407. The Morgan fingerprint density at radius 3 is 2.33 bits per heavy atom. The van der Waals surface area contributed by atoms with Gasteiger partial charge < -0.3 is 15.2 Å². The van der Waals surface area contributed by atoms with Gasteiger partial charge in [0.2, 0.25) is 5.91 Å². The Hall–Kier alpha value is -1.36. The third kappa shape index (κ3) is 3.84. The molecule has 1 saturated heterocycles. The van der Waals surface area contributed by atoms with E-state index < -0.39 is 23.9 Å². The fourth-order valence-corrected chi connectivity index (χ4v) is 3.15. The van der Waals surface area contributed by atoms with Crippen molar-refractivity contribution >= 4 is 11.9 Å². The molecule has 1 amide bonds. The summed E-state index contributed by atoms with van der Waals surface area (Å²) in [5.74, 6) is -2.47. The molecular weight excluding hydrogens is 270 g/mol. The van der Waals surface area contributed by atoms with Crippen molar-refractivity contribution in [3.8, 4) is 0 Å². The highest BCUT2D eigenvalue weighted by Crippen LogP contribution is 2.39. The van der Waals surface area contributed by atoms with Crippen LogP contribution in [0.2, 0.25) is 0 Å². The highest BCUT2D eigenvalue weighted by Gasteiger charge is 2.52. The van der Waals surface area contributed by atoms with Crippen LogP contribution in [0.1, 0.15) is 45.4 Å². The summed E-state index contributed by atoms with van der Waals surface area (Å²) in [6.45, 7) is 2.81. The molecule has 0 aliphatic carbocycles. The largest absolute Gasteiger partial charge is 0.481 e. The van der Waals surface area contributed by atoms with Crippen LogP contribution in [0.4, 0.5) is 0 Å². The molecule has 2 bridgehead atoms. The first-order valence-corrected chi connectivity index (χ1v) is 7.99. The first-order chi connectivity index (χ1) is 10.1. The average molecular weight is 295 g/mol. The Morgan fingerprint density at radius 2 is 1.67 bits per heavy atom. The molecule has 2 rings (SSSR count). The summed E-state index contributed by atoms with van der Waals surface area (Å²) in [5.41, 5.74) is 0. The van der Waals surface area contributed by atoms with Crippen LogP contribution in [0.15, 0.2) is 12.2 Å². The van der Waals surface area contributed by atoms with E-state index in [1.54, 1.807) is 12.2 Å². The van der Waals surface area contributed by atoms with E-state index in [1.807, 2.05) is 0 Å². The number of carboxylic acids is 1. The number of hydrogen-bond donors (Lipinski definition) is 2. The Labute approximate surface area is 125 Å². The van der Waals surface area contributed by atoms with Gasteiger partial charge >= 0.3 is 5.97 Å². The number of rotatable bonds is 9. The average Bonchev–Trinajstić information content (AvgIpc) is 3.06. The number of carbonyl (C=O) groups excluding carboxylic acids is 1. The Balaban J connectivity index is 1.71. The number of unbranched alkanes of at least 4 members (excludes halogenated alkanes) is 5. The van der Waals surface area contributed by atoms with Crippen molar-refractivity contribution in [2.24, 2.45) is 11.8 Å². The number of amides is 1. The van der Waals surface area contributed by atoms with Crippen LogP contribution in [-0.4, -0.2) is 35.7 Å². The van der Waals surface area contributed by atoms with Gasteiger partial charge in [-0.15, -0.1) is 0 Å². The zero-order valence-electron chi connectivity index (χ0n) is 12.6. The summed E-state index contributed by atoms with van der Waals surface area (Å²) in [6.07, 6.45) is 9.73. The van der Waals surface area contributed by atoms with Crippen LogP contribution in [-0.2, 0) is 14.3 Å². The quantitative estimate of drug-likeness (QED) is 0.504. The summed E-state index contributed by atoms with van der Waals surface area (Å²) in [4.78, 5) is 23.5. The lowest BCUT2D eigenvalue weighted by atomic mass is 9.82. The van der Waals surface area contributed by atoms with E-state index >= 15 is 0 Å². The summed E-state index contributed by atoms with van der Waals surface area (Å²) < 4.78 is 5.50. The molecule has 0 aromatic rings. The normalized spacial score (nSPS) is 29.8. The van der Waals surface area contributed by atoms with Gasteiger partial charge in [0.25, 0.3) is 0 Å². The fourth-order valence-electron chi connectivity index (χ4n) is 3.15. The molecule has 2 aliphatic rings. The van der Waals surface area contributed by atoms with Crippen molar-refractivity contribution in [2.75, 3.05) is 6.54 Å². The maximum atomic E-state index is 12.2. The molecule has 0 saturated carbocycles. The lowest BCUT2D eigenvalue weighted by Crippen LogP contribution is -2.42. The molecule has 5 heteroatoms. The van der Waals surface area contributed by atoms with Crippen molar-refractivity contribution in [3.05, 3.63) is 12.2 Å². The van der Waals surface area contributed by atoms with Crippen LogP contribution in [0.25, 0.3) is 0 Å². The molecule has 0 unspecified atom stereocenters. The molecular formula is C16H25NO4. The summed E-state index contributed by atoms with van der Waals surface area (Å²) >= 11 is 0. The van der Waals surface area contributed by atoms with Crippen LogP contribution >= 0.6 is 0 Å². The maximum Gasteiger partial charge on any atom is 0.310 e. The molecule has 2 N–H and O–H groups in total. The lowest BCUT2D eigenvalue weighted by molar-refractivity contribution is -0.146. The van der Waals surface area contributed by atoms with Crippen molar-refractivity contribution in [3.63, 3.8) is 0 Å². The van der Waals surface area contributed by atoms with E-state index in [9.17, 15) is 14.7 Å². The Kier molecular flexibility index (Phi) is 5.79. The van der Waals surface area contributed by atoms with Gasteiger partial charge in [0.05, 0.1) is 18.1 Å². The monoisotopic (exact) mass is 295 g/mol. The predicted octanol–water partition coefficient (Wildman–Crippen LogP) is 2.12. The van der Waals surface area contributed by atoms with Gasteiger partial charge in [-0.3, -0.25) is 9.59 Å². The number of carbonyl (C=O) groups is 2. The van der Waals surface area contributed by atoms with E-state index in [4.69, 9.17) is 4.74 Å². The Morgan fingerprint density at radius 1 is 1.05 bits per heavy atom. The first-order valence-electron chi connectivity index (χ1n) is 7.99. The minimum atomic E-state index is -0.952. The molecule has 5 nitrogen and oxygen atoms in total. The smallest absolute Gasteiger partial charge is 0.310 e. The molecule has 2 aliphatic heterocycles. The van der Waals surface area contributed by atoms with Crippen molar-refractivity contribution in [1.29, 1.82) is 0 Å². The molecule has 21 heavy (non-hydrogen) atoms. The molecule has 4 atom stereocenters. The summed E-state index contributed by atoms with van der Waals surface area (Å²) in [6, 6.07) is 0. The zero-order chi connectivity index (χ0) is 15.2. The summed E-state index contributed by atoms with van der Waals surface area (Å²) in [7, 11) is 0. The number of ether oxygens (including phenoxy) is 1. The zero-order valence-corrected chi connectivity index (χ0v) is 12.6. The molecule has 1 fully saturated rings. The van der Waals surface area contributed by atoms with Gasteiger partial charge in [-0.2, -0.15) is 0 Å². The number of nitrogens with one attached hydrogen (secondary N) is 1. The second kappa shape index (κ2) is 7.59. The van der Waals surface area contributed by atoms with Crippen molar-refractivity contribution < 1.29 is 19.4 Å². The second-order valence-electron chi connectivity index (χ2n) is 5.90. The molecule has 0 radical (unpaired) electrons. The molecule has 0 aromatic carbocycles. The first kappa shape index (κ1) is 16.0. The van der Waals surface area contributed by atoms with E-state index in [0.717, 1.165) is 12.8 Å². The van der Waals surface area contributed by atoms with Gasteiger partial charge in [0, 0.05) is 6.54 Å². The highest BCUT2D eigenvalue weighted by molar-refractivity contribution is 5.87. The summed E-state index contributed by atoms with van der Waals surface area (Å²) in [5, 5.41) is 12.1.